The number of rotatable bonds is 10. The number of ether oxygens (including phenoxy) is 4. The summed E-state index contributed by atoms with van der Waals surface area (Å²) < 4.78 is 21.1. The molecule has 1 saturated heterocycles. The van der Waals surface area contributed by atoms with Crippen LogP contribution in [0.5, 0.6) is 23.0 Å². The van der Waals surface area contributed by atoms with Crippen molar-refractivity contribution in [3.63, 3.8) is 0 Å². The van der Waals surface area contributed by atoms with E-state index in [4.69, 9.17) is 24.1 Å². The van der Waals surface area contributed by atoms with Crippen molar-refractivity contribution in [3.8, 4) is 23.0 Å². The van der Waals surface area contributed by atoms with E-state index < -0.39 is 17.9 Å². The van der Waals surface area contributed by atoms with E-state index in [1.807, 2.05) is 0 Å². The number of carboxylic acid groups (broad SMARTS) is 1. The van der Waals surface area contributed by atoms with E-state index in [1.54, 1.807) is 30.3 Å². The third kappa shape index (κ3) is 5.98. The molecule has 1 aliphatic rings. The monoisotopic (exact) mass is 472 g/mol. The molecule has 3 atom stereocenters. The van der Waals surface area contributed by atoms with E-state index in [0.717, 1.165) is 11.1 Å². The van der Waals surface area contributed by atoms with Gasteiger partial charge in [0.15, 0.2) is 23.0 Å². The van der Waals surface area contributed by atoms with E-state index in [1.165, 1.54) is 27.2 Å². The van der Waals surface area contributed by atoms with Gasteiger partial charge in [-0.25, -0.2) is 0 Å². The number of carbonyl (C=O) groups is 3. The van der Waals surface area contributed by atoms with Gasteiger partial charge in [-0.3, -0.25) is 14.4 Å². The predicted octanol–water partition coefficient (Wildman–Crippen LogP) is 3.00. The summed E-state index contributed by atoms with van der Waals surface area (Å²) in [6, 6.07) is 10.1. The number of carbonyl (C=O) groups excluding carboxylic acids is 2. The van der Waals surface area contributed by atoms with Crippen molar-refractivity contribution < 1.29 is 43.5 Å². The summed E-state index contributed by atoms with van der Waals surface area (Å²) in [5.41, 5.74) is 1.71. The highest BCUT2D eigenvalue weighted by Crippen LogP contribution is 2.35. The van der Waals surface area contributed by atoms with E-state index in [9.17, 15) is 19.5 Å². The van der Waals surface area contributed by atoms with Gasteiger partial charge in [0.2, 0.25) is 0 Å². The van der Waals surface area contributed by atoms with Gasteiger partial charge in [0.1, 0.15) is 0 Å². The second-order valence-corrected chi connectivity index (χ2v) is 8.31. The van der Waals surface area contributed by atoms with E-state index >= 15 is 0 Å². The predicted molar refractivity (Wildman–Crippen MR) is 120 cm³/mol. The second kappa shape index (κ2) is 10.9. The fraction of sp³-hybridized carbons (Fsp3) is 0.400. The number of methoxy groups -OCH3 is 2. The summed E-state index contributed by atoms with van der Waals surface area (Å²) in [4.78, 5) is 35.4. The van der Waals surface area contributed by atoms with Gasteiger partial charge < -0.3 is 29.2 Å². The molecule has 0 saturated carbocycles. The van der Waals surface area contributed by atoms with Crippen molar-refractivity contribution in [2.75, 3.05) is 20.8 Å². The molecule has 0 bridgehead atoms. The molecule has 3 rings (SSSR count). The number of hydrogen-bond donors (Lipinski definition) is 2. The van der Waals surface area contributed by atoms with Crippen LogP contribution in [0, 0.1) is 17.8 Å². The highest BCUT2D eigenvalue weighted by atomic mass is 16.6. The van der Waals surface area contributed by atoms with Gasteiger partial charge in [0.25, 0.3) is 0 Å². The lowest BCUT2D eigenvalue weighted by molar-refractivity contribution is -0.146. The average molecular weight is 472 g/mol. The molecule has 1 unspecified atom stereocenters. The Kier molecular flexibility index (Phi) is 7.99. The quantitative estimate of drug-likeness (QED) is 0.396. The fourth-order valence-corrected chi connectivity index (χ4v) is 3.89. The van der Waals surface area contributed by atoms with Crippen LogP contribution in [0.1, 0.15) is 24.5 Å². The van der Waals surface area contributed by atoms with Crippen molar-refractivity contribution in [1.29, 1.82) is 0 Å². The van der Waals surface area contributed by atoms with Gasteiger partial charge in [0.05, 0.1) is 39.1 Å². The van der Waals surface area contributed by atoms with Crippen LogP contribution in [-0.2, 0) is 32.0 Å². The molecule has 9 nitrogen and oxygen atoms in total. The highest BCUT2D eigenvalue weighted by molar-refractivity contribution is 5.80. The average Bonchev–Trinajstić information content (AvgIpc) is 3.14. The van der Waals surface area contributed by atoms with Crippen molar-refractivity contribution in [3.05, 3.63) is 47.5 Å². The normalized spacial score (nSPS) is 18.1. The summed E-state index contributed by atoms with van der Waals surface area (Å²) in [5.74, 6) is -2.43. The molecule has 1 heterocycles. The number of cyclic esters (lactones) is 1. The molecule has 2 aromatic carbocycles. The minimum absolute atomic E-state index is 0.0297. The minimum Gasteiger partial charge on any atom is -0.504 e. The molecule has 9 heteroatoms. The number of phenols is 1. The maximum absolute atomic E-state index is 12.4. The number of aliphatic carboxylic acids is 1. The maximum atomic E-state index is 12.4. The smallest absolute Gasteiger partial charge is 0.312 e. The SMILES string of the molecule is COc1cc(C[C@H]2C(=O)OC[C@@H]2Cc2ccc(OC(=O)CC(C)C(=O)O)c(OC)c2)ccc1O. The maximum Gasteiger partial charge on any atom is 0.312 e. The number of esters is 2. The zero-order chi connectivity index (χ0) is 24.8. The molecular formula is C25H28O9. The van der Waals surface area contributed by atoms with Crippen LogP contribution in [0.15, 0.2) is 36.4 Å². The largest absolute Gasteiger partial charge is 0.504 e. The Morgan fingerprint density at radius 1 is 1.03 bits per heavy atom. The van der Waals surface area contributed by atoms with Crippen LogP contribution in [0.3, 0.4) is 0 Å². The van der Waals surface area contributed by atoms with Crippen molar-refractivity contribution >= 4 is 17.9 Å². The summed E-state index contributed by atoms with van der Waals surface area (Å²) in [6.45, 7) is 1.71. The number of carboxylic acids is 1. The third-order valence-electron chi connectivity index (χ3n) is 5.86. The van der Waals surface area contributed by atoms with Crippen LogP contribution in [0.4, 0.5) is 0 Å². The molecule has 0 aromatic heterocycles. The standard InChI is InChI=1S/C25H28O9/c1-14(24(28)29)8-23(27)34-20-7-5-15(12-22(20)32-3)9-17-13-33-25(30)18(17)10-16-4-6-19(26)21(11-16)31-2/h4-7,11-12,14,17-18,26H,8-10,13H2,1-3H3,(H,28,29)/t14?,17-,18+/m0/s1. The van der Waals surface area contributed by atoms with Crippen LogP contribution in [0.2, 0.25) is 0 Å². The Hall–Kier alpha value is -3.75. The zero-order valence-electron chi connectivity index (χ0n) is 19.3. The lowest BCUT2D eigenvalue weighted by Crippen LogP contribution is -2.21. The first kappa shape index (κ1) is 24.9. The number of phenolic OH excluding ortho intramolecular Hbond substituents is 1. The number of benzene rings is 2. The van der Waals surface area contributed by atoms with Gasteiger partial charge in [-0.1, -0.05) is 19.1 Å². The Labute approximate surface area is 197 Å². The Bertz CT molecular complexity index is 1060. The minimum atomic E-state index is -1.08. The van der Waals surface area contributed by atoms with Crippen LogP contribution < -0.4 is 14.2 Å². The Morgan fingerprint density at radius 3 is 2.35 bits per heavy atom. The van der Waals surface area contributed by atoms with Gasteiger partial charge in [0, 0.05) is 5.92 Å². The molecule has 182 valence electrons. The van der Waals surface area contributed by atoms with Crippen molar-refractivity contribution in [1.82, 2.24) is 0 Å². The van der Waals surface area contributed by atoms with Crippen molar-refractivity contribution in [2.24, 2.45) is 17.8 Å². The lowest BCUT2D eigenvalue weighted by atomic mass is 9.85. The molecule has 0 radical (unpaired) electrons. The van der Waals surface area contributed by atoms with E-state index in [0.29, 0.717) is 24.3 Å². The molecule has 0 amide bonds. The first-order valence-electron chi connectivity index (χ1n) is 10.8. The van der Waals surface area contributed by atoms with Gasteiger partial charge in [-0.15, -0.1) is 0 Å². The first-order valence-corrected chi connectivity index (χ1v) is 10.8. The Balaban J connectivity index is 1.70. The molecule has 0 spiro atoms. The summed E-state index contributed by atoms with van der Waals surface area (Å²) in [6.07, 6.45) is 0.715. The zero-order valence-corrected chi connectivity index (χ0v) is 19.3. The molecule has 2 aromatic rings. The number of hydrogen-bond acceptors (Lipinski definition) is 8. The van der Waals surface area contributed by atoms with Gasteiger partial charge in [-0.05, 0) is 48.2 Å². The number of aromatic hydroxyl groups is 1. The van der Waals surface area contributed by atoms with Crippen LogP contribution in [0.25, 0.3) is 0 Å². The topological polar surface area (TPSA) is 129 Å². The molecule has 0 aliphatic carbocycles. The lowest BCUT2D eigenvalue weighted by Gasteiger charge is -2.17. The highest BCUT2D eigenvalue weighted by Gasteiger charge is 2.37. The molecule has 1 aliphatic heterocycles. The third-order valence-corrected chi connectivity index (χ3v) is 5.86. The van der Waals surface area contributed by atoms with Gasteiger partial charge >= 0.3 is 17.9 Å². The fourth-order valence-electron chi connectivity index (χ4n) is 3.89. The van der Waals surface area contributed by atoms with Crippen molar-refractivity contribution in [2.45, 2.75) is 26.2 Å². The molecule has 1 fully saturated rings. The van der Waals surface area contributed by atoms with E-state index in [2.05, 4.69) is 0 Å². The first-order chi connectivity index (χ1) is 16.2. The van der Waals surface area contributed by atoms with Crippen LogP contribution in [-0.4, -0.2) is 48.9 Å². The summed E-state index contributed by atoms with van der Waals surface area (Å²) in [5, 5.41) is 18.8. The Morgan fingerprint density at radius 2 is 1.68 bits per heavy atom. The summed E-state index contributed by atoms with van der Waals surface area (Å²) in [7, 11) is 2.91. The van der Waals surface area contributed by atoms with Crippen LogP contribution >= 0.6 is 0 Å². The molecular weight excluding hydrogens is 444 g/mol. The molecule has 34 heavy (non-hydrogen) atoms. The van der Waals surface area contributed by atoms with Gasteiger partial charge in [-0.2, -0.15) is 0 Å². The van der Waals surface area contributed by atoms with E-state index in [-0.39, 0.29) is 42.3 Å². The summed E-state index contributed by atoms with van der Waals surface area (Å²) >= 11 is 0. The molecule has 2 N–H and O–H groups in total. The second-order valence-electron chi connectivity index (χ2n) is 8.31.